The lowest BCUT2D eigenvalue weighted by atomic mass is 10.2. The molecule has 8 nitrogen and oxygen atoms in total. The van der Waals surface area contributed by atoms with Crippen LogP contribution in [0.5, 0.6) is 5.75 Å². The number of amides is 1. The Balaban J connectivity index is 1.71. The second-order valence-electron chi connectivity index (χ2n) is 6.26. The van der Waals surface area contributed by atoms with E-state index in [1.807, 2.05) is 31.2 Å². The maximum absolute atomic E-state index is 11.9. The molecule has 0 fully saturated rings. The van der Waals surface area contributed by atoms with Gasteiger partial charge >= 0.3 is 5.97 Å². The Morgan fingerprint density at radius 2 is 1.86 bits per heavy atom. The zero-order valence-electron chi connectivity index (χ0n) is 15.8. The van der Waals surface area contributed by atoms with Crippen molar-refractivity contribution in [3.8, 4) is 5.75 Å². The minimum Gasteiger partial charge on any atom is -0.494 e. The zero-order valence-corrected chi connectivity index (χ0v) is 15.8. The predicted octanol–water partition coefficient (Wildman–Crippen LogP) is 3.55. The van der Waals surface area contributed by atoms with Gasteiger partial charge in [-0.2, -0.15) is 0 Å². The van der Waals surface area contributed by atoms with Gasteiger partial charge in [-0.1, -0.05) is 18.2 Å². The fourth-order valence-corrected chi connectivity index (χ4v) is 2.41. The lowest BCUT2D eigenvalue weighted by Gasteiger charge is -2.08. The number of carbonyl (C=O) groups excluding carboxylic acids is 2. The summed E-state index contributed by atoms with van der Waals surface area (Å²) in [5.74, 6) is -0.454. The highest BCUT2D eigenvalue weighted by Crippen LogP contribution is 2.25. The first-order chi connectivity index (χ1) is 13.3. The van der Waals surface area contributed by atoms with Crippen molar-refractivity contribution >= 4 is 23.3 Å². The number of hydrogen-bond donors (Lipinski definition) is 1. The maximum atomic E-state index is 11.9. The highest BCUT2D eigenvalue weighted by molar-refractivity contribution is 5.94. The van der Waals surface area contributed by atoms with Gasteiger partial charge in [-0.3, -0.25) is 19.7 Å². The number of hydrogen-bond acceptors (Lipinski definition) is 6. The van der Waals surface area contributed by atoms with Gasteiger partial charge in [0.05, 0.1) is 11.5 Å². The van der Waals surface area contributed by atoms with Gasteiger partial charge in [0.2, 0.25) is 0 Å². The molecule has 8 heteroatoms. The van der Waals surface area contributed by atoms with Gasteiger partial charge in [0.1, 0.15) is 11.4 Å². The normalized spacial score (nSPS) is 10.2. The average molecular weight is 386 g/mol. The summed E-state index contributed by atoms with van der Waals surface area (Å²) >= 11 is 0. The molecular weight excluding hydrogens is 364 g/mol. The Kier molecular flexibility index (Phi) is 7.50. The quantitative estimate of drug-likeness (QED) is 0.306. The molecule has 0 aliphatic heterocycles. The number of nitro groups is 1. The first kappa shape index (κ1) is 20.9. The molecule has 1 amide bonds. The minimum absolute atomic E-state index is 0.0585. The molecule has 2 aromatic rings. The zero-order chi connectivity index (χ0) is 20.5. The van der Waals surface area contributed by atoms with Crippen LogP contribution in [-0.4, -0.2) is 30.0 Å². The van der Waals surface area contributed by atoms with E-state index < -0.39 is 23.4 Å². The van der Waals surface area contributed by atoms with Crippen LogP contribution in [0.4, 0.5) is 11.4 Å². The number of rotatable bonds is 9. The summed E-state index contributed by atoms with van der Waals surface area (Å²) in [5.41, 5.74) is 1.62. The second-order valence-corrected chi connectivity index (χ2v) is 6.26. The van der Waals surface area contributed by atoms with Crippen LogP contribution < -0.4 is 10.1 Å². The van der Waals surface area contributed by atoms with Crippen LogP contribution in [0.25, 0.3) is 0 Å². The van der Waals surface area contributed by atoms with Crippen molar-refractivity contribution in [2.45, 2.75) is 26.7 Å². The van der Waals surface area contributed by atoms with Crippen LogP contribution in [0.2, 0.25) is 0 Å². The second kappa shape index (κ2) is 10.1. The number of nitro benzene ring substituents is 1. The number of ether oxygens (including phenoxy) is 2. The Morgan fingerprint density at radius 1 is 1.11 bits per heavy atom. The SMILES string of the molecule is Cc1cccc(OCCCC(=O)OCC(=O)Nc2ccc(C)cc2[N+](=O)[O-])c1. The van der Waals surface area contributed by atoms with E-state index in [1.165, 1.54) is 12.1 Å². The van der Waals surface area contributed by atoms with Gasteiger partial charge in [0, 0.05) is 12.5 Å². The predicted molar refractivity (Wildman–Crippen MR) is 103 cm³/mol. The molecule has 0 spiro atoms. The summed E-state index contributed by atoms with van der Waals surface area (Å²) in [6, 6.07) is 12.0. The molecule has 28 heavy (non-hydrogen) atoms. The molecule has 148 valence electrons. The van der Waals surface area contributed by atoms with Gasteiger partial charge in [0.25, 0.3) is 11.6 Å². The van der Waals surface area contributed by atoms with Crippen molar-refractivity contribution in [3.63, 3.8) is 0 Å². The minimum atomic E-state index is -0.642. The van der Waals surface area contributed by atoms with E-state index in [1.54, 1.807) is 13.0 Å². The van der Waals surface area contributed by atoms with Crippen molar-refractivity contribution < 1.29 is 24.0 Å². The molecular formula is C20H22N2O6. The van der Waals surface area contributed by atoms with E-state index in [9.17, 15) is 19.7 Å². The highest BCUT2D eigenvalue weighted by atomic mass is 16.6. The summed E-state index contributed by atoms with van der Waals surface area (Å²) in [6.07, 6.45) is 0.543. The summed E-state index contributed by atoms with van der Waals surface area (Å²) in [4.78, 5) is 34.1. The fourth-order valence-electron chi connectivity index (χ4n) is 2.41. The van der Waals surface area contributed by atoms with Gasteiger partial charge in [-0.25, -0.2) is 0 Å². The van der Waals surface area contributed by atoms with Crippen LogP contribution >= 0.6 is 0 Å². The molecule has 0 aliphatic carbocycles. The van der Waals surface area contributed by atoms with E-state index >= 15 is 0 Å². The lowest BCUT2D eigenvalue weighted by Crippen LogP contribution is -2.21. The Morgan fingerprint density at radius 3 is 2.57 bits per heavy atom. The van der Waals surface area contributed by atoms with E-state index in [-0.39, 0.29) is 17.8 Å². The van der Waals surface area contributed by atoms with E-state index in [2.05, 4.69) is 5.32 Å². The number of esters is 1. The van der Waals surface area contributed by atoms with Crippen LogP contribution in [-0.2, 0) is 14.3 Å². The van der Waals surface area contributed by atoms with Crippen LogP contribution in [0, 0.1) is 24.0 Å². The molecule has 1 N–H and O–H groups in total. The Hall–Kier alpha value is -3.42. The molecule has 2 aromatic carbocycles. The highest BCUT2D eigenvalue weighted by Gasteiger charge is 2.16. The number of nitrogens with one attached hydrogen (secondary N) is 1. The number of aryl methyl sites for hydroxylation is 2. The van der Waals surface area contributed by atoms with Gasteiger partial charge in [-0.05, 0) is 49.6 Å². The largest absolute Gasteiger partial charge is 0.494 e. The molecule has 0 aromatic heterocycles. The summed E-state index contributed by atoms with van der Waals surface area (Å²) in [5, 5.41) is 13.4. The van der Waals surface area contributed by atoms with E-state index in [0.717, 1.165) is 11.3 Å². The van der Waals surface area contributed by atoms with Crippen LogP contribution in [0.1, 0.15) is 24.0 Å². The summed E-state index contributed by atoms with van der Waals surface area (Å²) in [6.45, 7) is 3.51. The first-order valence-electron chi connectivity index (χ1n) is 8.75. The first-order valence-corrected chi connectivity index (χ1v) is 8.75. The third-order valence-electron chi connectivity index (χ3n) is 3.77. The van der Waals surface area contributed by atoms with Crippen molar-refractivity contribution in [1.82, 2.24) is 0 Å². The van der Waals surface area contributed by atoms with E-state index in [4.69, 9.17) is 9.47 Å². The molecule has 0 aliphatic rings. The third-order valence-corrected chi connectivity index (χ3v) is 3.77. The lowest BCUT2D eigenvalue weighted by molar-refractivity contribution is -0.384. The van der Waals surface area contributed by atoms with Crippen LogP contribution in [0.3, 0.4) is 0 Å². The Bertz CT molecular complexity index is 866. The standard InChI is InChI=1S/C20H22N2O6/c1-14-5-3-6-16(11-14)27-10-4-7-20(24)28-13-19(23)21-17-9-8-15(2)12-18(17)22(25)26/h3,5-6,8-9,11-12H,4,7,10,13H2,1-2H3,(H,21,23). The van der Waals surface area contributed by atoms with Gasteiger partial charge in [0.15, 0.2) is 6.61 Å². The number of nitrogens with zero attached hydrogens (tertiary/aromatic N) is 1. The molecule has 2 rings (SSSR count). The number of carbonyl (C=O) groups is 2. The van der Waals surface area contributed by atoms with Crippen molar-refractivity contribution in [2.75, 3.05) is 18.5 Å². The fraction of sp³-hybridized carbons (Fsp3) is 0.300. The van der Waals surface area contributed by atoms with E-state index in [0.29, 0.717) is 18.6 Å². The molecule has 0 bridgehead atoms. The van der Waals surface area contributed by atoms with Crippen molar-refractivity contribution in [2.24, 2.45) is 0 Å². The molecule has 0 atom stereocenters. The van der Waals surface area contributed by atoms with Crippen molar-refractivity contribution in [1.29, 1.82) is 0 Å². The third kappa shape index (κ3) is 6.71. The average Bonchev–Trinajstić information content (AvgIpc) is 2.65. The smallest absolute Gasteiger partial charge is 0.306 e. The summed E-state index contributed by atoms with van der Waals surface area (Å²) < 4.78 is 10.4. The van der Waals surface area contributed by atoms with Crippen LogP contribution in [0.15, 0.2) is 42.5 Å². The van der Waals surface area contributed by atoms with Gasteiger partial charge < -0.3 is 14.8 Å². The molecule has 0 unspecified atom stereocenters. The monoisotopic (exact) mass is 386 g/mol. The molecule has 0 heterocycles. The Labute approximate surface area is 162 Å². The maximum Gasteiger partial charge on any atom is 0.306 e. The number of anilines is 1. The number of benzene rings is 2. The molecule has 0 saturated carbocycles. The molecule has 0 radical (unpaired) electrons. The summed E-state index contributed by atoms with van der Waals surface area (Å²) in [7, 11) is 0. The molecule has 0 saturated heterocycles. The van der Waals surface area contributed by atoms with Gasteiger partial charge in [-0.15, -0.1) is 0 Å². The van der Waals surface area contributed by atoms with Crippen molar-refractivity contribution in [3.05, 3.63) is 63.7 Å². The topological polar surface area (TPSA) is 108 Å².